The van der Waals surface area contributed by atoms with Gasteiger partial charge in [-0.05, 0) is 12.1 Å². The summed E-state index contributed by atoms with van der Waals surface area (Å²) in [6, 6.07) is 4.19. The number of nitrogens with one attached hydrogen (secondary N) is 2. The van der Waals surface area contributed by atoms with Crippen LogP contribution in [-0.4, -0.2) is 39.1 Å². The van der Waals surface area contributed by atoms with E-state index in [1.165, 1.54) is 13.1 Å². The minimum Gasteiger partial charge on any atom is -0.477 e. The van der Waals surface area contributed by atoms with Crippen LogP contribution in [-0.2, 0) is 12.7 Å². The maximum atomic E-state index is 13.7. The number of hydrogen-bond donors (Lipinski definition) is 4. The largest absolute Gasteiger partial charge is 0.477 e. The van der Waals surface area contributed by atoms with E-state index in [4.69, 9.17) is 0 Å². The molecule has 0 bridgehead atoms. The number of anilines is 1. The predicted molar refractivity (Wildman–Crippen MR) is 110 cm³/mol. The molecule has 0 aliphatic carbocycles. The van der Waals surface area contributed by atoms with Crippen molar-refractivity contribution in [3.8, 4) is 11.4 Å². The van der Waals surface area contributed by atoms with E-state index in [2.05, 4.69) is 31.3 Å². The van der Waals surface area contributed by atoms with Crippen LogP contribution in [0.1, 0.15) is 21.6 Å². The number of carbonyl (C=O) groups is 2. The molecular weight excluding hydrogens is 467 g/mol. The molecule has 0 aliphatic rings. The number of halogens is 5. The number of pyridine rings is 1. The van der Waals surface area contributed by atoms with Crippen molar-refractivity contribution in [2.24, 2.45) is 5.73 Å². The van der Waals surface area contributed by atoms with Gasteiger partial charge in [-0.3, -0.25) is 4.98 Å². The third-order valence-electron chi connectivity index (χ3n) is 3.99. The highest BCUT2D eigenvalue weighted by atomic mass is 19.4. The lowest BCUT2D eigenvalue weighted by Crippen LogP contribution is -2.24. The average Bonchev–Trinajstić information content (AvgIpc) is 2.78. The third kappa shape index (κ3) is 7.36. The molecule has 3 rings (SSSR count). The fraction of sp³-hybridized carbons (Fsp3) is 0.150. The van der Waals surface area contributed by atoms with Gasteiger partial charge in [0.2, 0.25) is 0 Å². The Kier molecular flexibility index (Phi) is 8.36. The number of nitrogens with two attached hydrogens (primary N) is 1. The number of nitrogens with zero attached hydrogens (tertiary/aromatic N) is 3. The molecule has 180 valence electrons. The molecule has 0 spiro atoms. The Morgan fingerprint density at radius 2 is 1.76 bits per heavy atom. The van der Waals surface area contributed by atoms with E-state index in [1.54, 1.807) is 0 Å². The van der Waals surface area contributed by atoms with Crippen molar-refractivity contribution < 1.29 is 36.6 Å². The number of rotatable bonds is 5. The van der Waals surface area contributed by atoms with Gasteiger partial charge in [0.05, 0.1) is 5.56 Å². The normalized spacial score (nSPS) is 10.6. The Labute approximate surface area is 188 Å². The quantitative estimate of drug-likeness (QED) is 0.406. The van der Waals surface area contributed by atoms with E-state index in [9.17, 15) is 36.6 Å². The number of urea groups is 1. The minimum absolute atomic E-state index is 0.0733. The zero-order valence-electron chi connectivity index (χ0n) is 17.3. The number of carboxylic acid groups (broad SMARTS) is 1. The van der Waals surface area contributed by atoms with E-state index >= 15 is 0 Å². The van der Waals surface area contributed by atoms with Gasteiger partial charge < -0.3 is 21.5 Å². The number of benzene rings is 1. The number of carbonyl (C=O) groups excluding carboxylic acids is 1. The van der Waals surface area contributed by atoms with Gasteiger partial charge >= 0.3 is 18.2 Å². The van der Waals surface area contributed by atoms with Gasteiger partial charge in [-0.15, -0.1) is 0 Å². The molecule has 0 radical (unpaired) electrons. The first-order chi connectivity index (χ1) is 15.9. The molecule has 2 amide bonds. The van der Waals surface area contributed by atoms with E-state index in [0.717, 1.165) is 24.4 Å². The molecule has 5 N–H and O–H groups in total. The summed E-state index contributed by atoms with van der Waals surface area (Å²) in [7, 11) is 1.47. The van der Waals surface area contributed by atoms with Crippen LogP contribution in [0.15, 0.2) is 42.7 Å². The van der Waals surface area contributed by atoms with Crippen LogP contribution in [0.2, 0.25) is 0 Å². The van der Waals surface area contributed by atoms with Crippen LogP contribution in [0.4, 0.5) is 32.6 Å². The van der Waals surface area contributed by atoms with Gasteiger partial charge in [-0.1, -0.05) is 6.07 Å². The Hall–Kier alpha value is -4.36. The Morgan fingerprint density at radius 3 is 2.32 bits per heavy atom. The van der Waals surface area contributed by atoms with Crippen molar-refractivity contribution in [3.05, 3.63) is 71.2 Å². The number of carboxylic acids is 1. The zero-order chi connectivity index (χ0) is 25.5. The molecule has 2 aromatic heterocycles. The molecule has 0 atom stereocenters. The van der Waals surface area contributed by atoms with Crippen molar-refractivity contribution in [1.82, 2.24) is 20.3 Å². The third-order valence-corrected chi connectivity index (χ3v) is 3.99. The van der Waals surface area contributed by atoms with E-state index < -0.39 is 41.1 Å². The van der Waals surface area contributed by atoms with Crippen molar-refractivity contribution >= 4 is 17.8 Å². The smallest absolute Gasteiger partial charge is 0.417 e. The topological polar surface area (TPSA) is 143 Å². The maximum Gasteiger partial charge on any atom is 0.417 e. The van der Waals surface area contributed by atoms with Gasteiger partial charge in [0.1, 0.15) is 17.5 Å². The molecular formula is C20H17F5N6O3. The first-order valence-corrected chi connectivity index (χ1v) is 9.20. The number of aromatic nitrogens is 3. The molecule has 1 aromatic carbocycles. The average molecular weight is 484 g/mol. The second kappa shape index (κ2) is 11.0. The fourth-order valence-corrected chi connectivity index (χ4v) is 2.34. The number of primary amides is 1. The summed E-state index contributed by atoms with van der Waals surface area (Å²) < 4.78 is 65.4. The Morgan fingerprint density at radius 1 is 1.09 bits per heavy atom. The lowest BCUT2D eigenvalue weighted by molar-refractivity contribution is -0.137. The molecule has 0 unspecified atom stereocenters. The highest BCUT2D eigenvalue weighted by Gasteiger charge is 2.31. The van der Waals surface area contributed by atoms with E-state index in [1.807, 2.05) is 0 Å². The standard InChI is InChI=1S/C18H11F5N4O2.C2H6N2O/c19-12-2-1-9(13(20)4-12)7-25-15-5-14(17(28)29)26-16(27-15)10-3-11(8-24-6-10)18(21,22)23;1-4-2(3)5/h1-6,8H,7H2,(H,28,29)(H,25,26,27);1H3,(H3,3,4,5). The van der Waals surface area contributed by atoms with Crippen molar-refractivity contribution in [2.75, 3.05) is 12.4 Å². The monoisotopic (exact) mass is 484 g/mol. The molecule has 0 fully saturated rings. The summed E-state index contributed by atoms with van der Waals surface area (Å²) in [5.74, 6) is -3.42. The summed E-state index contributed by atoms with van der Waals surface area (Å²) >= 11 is 0. The van der Waals surface area contributed by atoms with Crippen LogP contribution >= 0.6 is 0 Å². The van der Waals surface area contributed by atoms with Gasteiger partial charge in [0, 0.05) is 49.2 Å². The molecule has 0 saturated carbocycles. The molecule has 2 heterocycles. The lowest BCUT2D eigenvalue weighted by Gasteiger charge is -2.11. The van der Waals surface area contributed by atoms with E-state index in [0.29, 0.717) is 12.3 Å². The highest BCUT2D eigenvalue weighted by molar-refractivity contribution is 5.87. The van der Waals surface area contributed by atoms with Crippen LogP contribution < -0.4 is 16.4 Å². The Balaban J connectivity index is 0.000000739. The lowest BCUT2D eigenvalue weighted by atomic mass is 10.2. The van der Waals surface area contributed by atoms with Crippen molar-refractivity contribution in [1.29, 1.82) is 0 Å². The summed E-state index contributed by atoms with van der Waals surface area (Å²) in [4.78, 5) is 32.0. The van der Waals surface area contributed by atoms with Gasteiger partial charge in [-0.2, -0.15) is 13.2 Å². The van der Waals surface area contributed by atoms with Gasteiger partial charge in [0.15, 0.2) is 11.5 Å². The van der Waals surface area contributed by atoms with Crippen LogP contribution in [0, 0.1) is 11.6 Å². The molecule has 0 aliphatic heterocycles. The second-order valence-electron chi connectivity index (χ2n) is 6.43. The second-order valence-corrected chi connectivity index (χ2v) is 6.43. The van der Waals surface area contributed by atoms with Crippen LogP contribution in [0.5, 0.6) is 0 Å². The SMILES string of the molecule is CNC(N)=O.O=C(O)c1cc(NCc2ccc(F)cc2F)nc(-c2cncc(C(F)(F)F)c2)n1. The molecule has 3 aromatic rings. The highest BCUT2D eigenvalue weighted by Crippen LogP contribution is 2.31. The predicted octanol–water partition coefficient (Wildman–Crippen LogP) is 3.43. The summed E-state index contributed by atoms with van der Waals surface area (Å²) in [5, 5.41) is 14.0. The van der Waals surface area contributed by atoms with Gasteiger partial charge in [0.25, 0.3) is 0 Å². The number of amides is 2. The number of aromatic carboxylic acids is 1. The molecule has 14 heteroatoms. The fourth-order valence-electron chi connectivity index (χ4n) is 2.34. The van der Waals surface area contributed by atoms with Crippen LogP contribution in [0.3, 0.4) is 0 Å². The Bertz CT molecular complexity index is 1190. The van der Waals surface area contributed by atoms with Crippen molar-refractivity contribution in [3.63, 3.8) is 0 Å². The molecule has 9 nitrogen and oxygen atoms in total. The first kappa shape index (κ1) is 25.9. The van der Waals surface area contributed by atoms with E-state index in [-0.39, 0.29) is 29.3 Å². The maximum absolute atomic E-state index is 13.7. The number of hydrogen-bond acceptors (Lipinski definition) is 6. The molecule has 0 saturated heterocycles. The molecule has 34 heavy (non-hydrogen) atoms. The first-order valence-electron chi connectivity index (χ1n) is 9.20. The summed E-state index contributed by atoms with van der Waals surface area (Å²) in [6.07, 6.45) is -2.99. The minimum atomic E-state index is -4.66. The summed E-state index contributed by atoms with van der Waals surface area (Å²) in [5.41, 5.74) is 2.92. The number of alkyl halides is 3. The zero-order valence-corrected chi connectivity index (χ0v) is 17.3. The van der Waals surface area contributed by atoms with Crippen molar-refractivity contribution in [2.45, 2.75) is 12.7 Å². The summed E-state index contributed by atoms with van der Waals surface area (Å²) in [6.45, 7) is -0.178. The van der Waals surface area contributed by atoms with Gasteiger partial charge in [-0.25, -0.2) is 28.3 Å². The van der Waals surface area contributed by atoms with Crippen LogP contribution in [0.25, 0.3) is 11.4 Å².